The molecule has 156 valence electrons. The van der Waals surface area contributed by atoms with Gasteiger partial charge in [0.1, 0.15) is 4.90 Å². The van der Waals surface area contributed by atoms with Crippen molar-refractivity contribution >= 4 is 27.6 Å². The van der Waals surface area contributed by atoms with E-state index in [0.29, 0.717) is 30.2 Å². The molecule has 0 spiro atoms. The Morgan fingerprint density at radius 3 is 2.59 bits per heavy atom. The second-order valence-electron chi connectivity index (χ2n) is 7.19. The predicted molar refractivity (Wildman–Crippen MR) is 116 cm³/mol. The molecule has 2 aromatic heterocycles. The number of piperidine rings is 1. The van der Waals surface area contributed by atoms with E-state index in [1.807, 2.05) is 26.0 Å². The minimum absolute atomic E-state index is 0.0326. The van der Waals surface area contributed by atoms with E-state index in [1.54, 1.807) is 12.1 Å². The highest BCUT2D eigenvalue weighted by atomic mass is 32.2. The van der Waals surface area contributed by atoms with Gasteiger partial charge in [-0.3, -0.25) is 4.79 Å². The number of pyridine rings is 1. The normalized spacial score (nSPS) is 15.4. The van der Waals surface area contributed by atoms with E-state index in [1.165, 1.54) is 22.3 Å². The van der Waals surface area contributed by atoms with Crippen LogP contribution in [0.2, 0.25) is 0 Å². The summed E-state index contributed by atoms with van der Waals surface area (Å²) in [6.07, 6.45) is 6.08. The number of hydrogen-bond donors (Lipinski definition) is 0. The van der Waals surface area contributed by atoms with Gasteiger partial charge in [-0.05, 0) is 44.9 Å². The van der Waals surface area contributed by atoms with E-state index in [-0.39, 0.29) is 16.4 Å². The van der Waals surface area contributed by atoms with Crippen LogP contribution in [0.3, 0.4) is 0 Å². The zero-order valence-corrected chi connectivity index (χ0v) is 18.6. The summed E-state index contributed by atoms with van der Waals surface area (Å²) in [5.41, 5.74) is 2.67. The topological polar surface area (TPSA) is 72.3 Å². The number of sulfonamides is 1. The maximum Gasteiger partial charge on any atom is 0.244 e. The molecule has 0 atom stereocenters. The van der Waals surface area contributed by atoms with Crippen molar-refractivity contribution in [3.63, 3.8) is 0 Å². The first-order valence-corrected chi connectivity index (χ1v) is 12.2. The molecule has 1 saturated heterocycles. The van der Waals surface area contributed by atoms with Gasteiger partial charge in [0.2, 0.25) is 10.0 Å². The number of aryl methyl sites for hydroxylation is 1. The first kappa shape index (κ1) is 21.8. The maximum absolute atomic E-state index is 12.7. The van der Waals surface area contributed by atoms with E-state index < -0.39 is 10.0 Å². The Kier molecular flexibility index (Phi) is 6.97. The van der Waals surface area contributed by atoms with Crippen molar-refractivity contribution in [1.82, 2.24) is 13.9 Å². The number of aromatic nitrogens is 2. The van der Waals surface area contributed by atoms with Gasteiger partial charge < -0.3 is 4.57 Å². The molecule has 3 rings (SSSR count). The largest absolute Gasteiger partial charge is 0.345 e. The van der Waals surface area contributed by atoms with E-state index in [4.69, 9.17) is 0 Å². The van der Waals surface area contributed by atoms with Gasteiger partial charge in [0, 0.05) is 42.8 Å². The maximum atomic E-state index is 12.7. The van der Waals surface area contributed by atoms with Gasteiger partial charge >= 0.3 is 0 Å². The Hall–Kier alpha value is -1.90. The average Bonchev–Trinajstić information content (AvgIpc) is 3.01. The summed E-state index contributed by atoms with van der Waals surface area (Å²) in [5, 5.41) is 0.635. The summed E-state index contributed by atoms with van der Waals surface area (Å²) in [6.45, 7) is 9.48. The minimum Gasteiger partial charge on any atom is -0.345 e. The van der Waals surface area contributed by atoms with Crippen LogP contribution in [0, 0.1) is 13.8 Å². The molecule has 0 radical (unpaired) electrons. The average molecular weight is 434 g/mol. The van der Waals surface area contributed by atoms with Crippen molar-refractivity contribution in [2.24, 2.45) is 0 Å². The van der Waals surface area contributed by atoms with Crippen LogP contribution in [0.25, 0.3) is 0 Å². The monoisotopic (exact) mass is 433 g/mol. The summed E-state index contributed by atoms with van der Waals surface area (Å²) in [5.74, 6) is 0.286. The quantitative estimate of drug-likeness (QED) is 0.359. The molecule has 0 bridgehead atoms. The molecule has 0 aliphatic carbocycles. The van der Waals surface area contributed by atoms with Gasteiger partial charge in [-0.1, -0.05) is 24.3 Å². The van der Waals surface area contributed by atoms with Gasteiger partial charge in [0.25, 0.3) is 0 Å². The Labute approximate surface area is 177 Å². The smallest absolute Gasteiger partial charge is 0.244 e. The third-order valence-corrected chi connectivity index (χ3v) is 8.02. The van der Waals surface area contributed by atoms with Crippen molar-refractivity contribution in [1.29, 1.82) is 0 Å². The molecule has 0 saturated carbocycles. The van der Waals surface area contributed by atoms with Crippen LogP contribution in [0.1, 0.15) is 41.0 Å². The summed E-state index contributed by atoms with van der Waals surface area (Å²) in [4.78, 5) is 17.1. The van der Waals surface area contributed by atoms with Crippen LogP contribution >= 0.6 is 11.8 Å². The number of nitrogens with zero attached hydrogens (tertiary/aromatic N) is 3. The molecule has 0 aromatic carbocycles. The lowest BCUT2D eigenvalue weighted by Gasteiger charge is -2.25. The Morgan fingerprint density at radius 1 is 1.24 bits per heavy atom. The van der Waals surface area contributed by atoms with Crippen molar-refractivity contribution in [3.8, 4) is 0 Å². The number of allylic oxidation sites excluding steroid dienone is 1. The highest BCUT2D eigenvalue weighted by Crippen LogP contribution is 2.24. The zero-order chi connectivity index (χ0) is 21.0. The number of thioether (sulfide) groups is 1. The van der Waals surface area contributed by atoms with E-state index >= 15 is 0 Å². The SMILES string of the molecule is C=CCn1c(C)cc(C(=O)CSc2ccc(S(=O)(=O)N3CCCCC3)cn2)c1C. The lowest BCUT2D eigenvalue weighted by Crippen LogP contribution is -2.35. The molecule has 0 amide bonds. The minimum atomic E-state index is -3.48. The lowest BCUT2D eigenvalue weighted by molar-refractivity contribution is 0.102. The fraction of sp³-hybridized carbons (Fsp3) is 0.429. The van der Waals surface area contributed by atoms with Crippen LogP contribution in [0.4, 0.5) is 0 Å². The third-order valence-electron chi connectivity index (χ3n) is 5.20. The fourth-order valence-electron chi connectivity index (χ4n) is 3.57. The number of carbonyl (C=O) groups excluding carboxylic acids is 1. The number of Topliss-reactive ketones (excluding diaryl/α,β-unsaturated/α-hetero) is 1. The predicted octanol–water partition coefficient (Wildman–Crippen LogP) is 3.84. The molecule has 1 fully saturated rings. The molecule has 1 aliphatic rings. The van der Waals surface area contributed by atoms with Crippen molar-refractivity contribution in [2.75, 3.05) is 18.8 Å². The number of ketones is 1. The van der Waals surface area contributed by atoms with Crippen molar-refractivity contribution < 1.29 is 13.2 Å². The molecule has 0 unspecified atom stereocenters. The Balaban J connectivity index is 1.65. The first-order valence-electron chi connectivity index (χ1n) is 9.74. The van der Waals surface area contributed by atoms with Gasteiger partial charge in [0.15, 0.2) is 5.78 Å². The highest BCUT2D eigenvalue weighted by Gasteiger charge is 2.26. The Bertz CT molecular complexity index is 989. The summed E-state index contributed by atoms with van der Waals surface area (Å²) < 4.78 is 29.0. The van der Waals surface area contributed by atoms with Crippen LogP contribution < -0.4 is 0 Å². The van der Waals surface area contributed by atoms with Gasteiger partial charge in [-0.25, -0.2) is 13.4 Å². The lowest BCUT2D eigenvalue weighted by atomic mass is 10.2. The Morgan fingerprint density at radius 2 is 1.97 bits per heavy atom. The zero-order valence-electron chi connectivity index (χ0n) is 16.9. The van der Waals surface area contributed by atoms with E-state index in [2.05, 4.69) is 16.1 Å². The number of carbonyl (C=O) groups is 1. The van der Waals surface area contributed by atoms with Crippen LogP contribution in [0.5, 0.6) is 0 Å². The standard InChI is InChI=1S/C21H27N3O3S2/c1-4-10-24-16(2)13-19(17(24)3)20(25)15-28-21-9-8-18(14-22-21)29(26,27)23-11-6-5-7-12-23/h4,8-9,13-14H,1,5-7,10-12,15H2,2-3H3. The molecular weight excluding hydrogens is 406 g/mol. The molecule has 29 heavy (non-hydrogen) atoms. The summed E-state index contributed by atoms with van der Waals surface area (Å²) in [7, 11) is -3.48. The van der Waals surface area contributed by atoms with Crippen LogP contribution in [-0.2, 0) is 16.6 Å². The van der Waals surface area contributed by atoms with Gasteiger partial charge in [0.05, 0.1) is 10.8 Å². The fourth-order valence-corrected chi connectivity index (χ4v) is 5.76. The van der Waals surface area contributed by atoms with Crippen molar-refractivity contribution in [3.05, 3.63) is 54.0 Å². The third kappa shape index (κ3) is 4.82. The van der Waals surface area contributed by atoms with Crippen LogP contribution in [-0.4, -0.2) is 46.9 Å². The summed E-state index contributed by atoms with van der Waals surface area (Å²) >= 11 is 1.32. The summed E-state index contributed by atoms with van der Waals surface area (Å²) in [6, 6.07) is 5.17. The van der Waals surface area contributed by atoms with Gasteiger partial charge in [-0.2, -0.15) is 4.31 Å². The number of rotatable bonds is 8. The molecule has 2 aromatic rings. The molecule has 3 heterocycles. The molecular formula is C21H27N3O3S2. The first-order chi connectivity index (χ1) is 13.8. The second-order valence-corrected chi connectivity index (χ2v) is 10.1. The van der Waals surface area contributed by atoms with Gasteiger partial charge in [-0.15, -0.1) is 6.58 Å². The molecule has 8 heteroatoms. The second kappa shape index (κ2) is 9.28. The number of hydrogen-bond acceptors (Lipinski definition) is 5. The van der Waals surface area contributed by atoms with E-state index in [0.717, 1.165) is 30.7 Å². The highest BCUT2D eigenvalue weighted by molar-refractivity contribution is 7.99. The molecule has 6 nitrogen and oxygen atoms in total. The van der Waals surface area contributed by atoms with Crippen LogP contribution in [0.15, 0.2) is 47.0 Å². The molecule has 0 N–H and O–H groups in total. The molecule has 1 aliphatic heterocycles. The van der Waals surface area contributed by atoms with Crippen molar-refractivity contribution in [2.45, 2.75) is 49.6 Å². The van der Waals surface area contributed by atoms with E-state index in [9.17, 15) is 13.2 Å².